The van der Waals surface area contributed by atoms with Gasteiger partial charge < -0.3 is 0 Å². The molecule has 0 aliphatic heterocycles. The Hall–Kier alpha value is -0.260. The normalized spacial score (nSPS) is 11.7. The summed E-state index contributed by atoms with van der Waals surface area (Å²) in [7, 11) is 0. The van der Waals surface area contributed by atoms with Gasteiger partial charge in [0.2, 0.25) is 0 Å². The van der Waals surface area contributed by atoms with Crippen molar-refractivity contribution < 1.29 is 8.78 Å². The fraction of sp³-hybridized carbons (Fsp3) is 0.250. The number of halogens is 5. The number of hydrogen-bond acceptors (Lipinski definition) is 0. The van der Waals surface area contributed by atoms with Crippen LogP contribution >= 0.6 is 47.8 Å². The molecule has 0 saturated heterocycles. The van der Waals surface area contributed by atoms with Crippen molar-refractivity contribution in [1.82, 2.24) is 0 Å². The van der Waals surface area contributed by atoms with Gasteiger partial charge in [-0.3, -0.25) is 0 Å². The van der Waals surface area contributed by atoms with Gasteiger partial charge in [-0.05, 0) is 40.0 Å². The Morgan fingerprint density at radius 1 is 0.905 bits per heavy atom. The topological polar surface area (TPSA) is 0 Å². The third-order valence-corrected chi connectivity index (χ3v) is 6.31. The van der Waals surface area contributed by atoms with Gasteiger partial charge in [-0.15, -0.1) is 0 Å². The molecule has 0 saturated carbocycles. The molecule has 112 valence electrons. The molecule has 21 heavy (non-hydrogen) atoms. The summed E-state index contributed by atoms with van der Waals surface area (Å²) in [4.78, 5) is 0. The molecule has 0 fully saturated rings. The first-order valence-corrected chi connectivity index (χ1v) is 9.37. The van der Waals surface area contributed by atoms with E-state index in [1.807, 2.05) is 30.3 Å². The van der Waals surface area contributed by atoms with Gasteiger partial charge in [0, 0.05) is 21.6 Å². The molecular formula is C16H13Br3F2. The van der Waals surface area contributed by atoms with Crippen molar-refractivity contribution in [3.05, 3.63) is 69.7 Å². The average molecular weight is 483 g/mol. The standard InChI is InChI=1S/C16H13Br3F2/c17-9-16(10-18,11-4-2-1-3-5-11)8-12-14(20)7-6-13(19)15(12)21/h1-7H,8-10H2. The van der Waals surface area contributed by atoms with Crippen LogP contribution in [0.3, 0.4) is 0 Å². The van der Waals surface area contributed by atoms with Crippen LogP contribution in [0.1, 0.15) is 11.1 Å². The lowest BCUT2D eigenvalue weighted by Crippen LogP contribution is -2.33. The lowest BCUT2D eigenvalue weighted by Gasteiger charge is -2.31. The van der Waals surface area contributed by atoms with Crippen molar-refractivity contribution in [2.45, 2.75) is 11.8 Å². The molecule has 0 aromatic heterocycles. The van der Waals surface area contributed by atoms with Gasteiger partial charge in [0.15, 0.2) is 0 Å². The Morgan fingerprint density at radius 3 is 2.10 bits per heavy atom. The van der Waals surface area contributed by atoms with Gasteiger partial charge in [-0.1, -0.05) is 62.2 Å². The van der Waals surface area contributed by atoms with E-state index in [-0.39, 0.29) is 16.5 Å². The summed E-state index contributed by atoms with van der Waals surface area (Å²) in [6, 6.07) is 12.4. The third-order valence-electron chi connectivity index (χ3n) is 3.55. The predicted molar refractivity (Wildman–Crippen MR) is 93.5 cm³/mol. The van der Waals surface area contributed by atoms with Crippen molar-refractivity contribution in [2.75, 3.05) is 10.7 Å². The Labute approximate surface area is 148 Å². The van der Waals surface area contributed by atoms with Crippen LogP contribution in [-0.2, 0) is 11.8 Å². The van der Waals surface area contributed by atoms with Crippen LogP contribution < -0.4 is 0 Å². The fourth-order valence-corrected chi connectivity index (χ4v) is 4.59. The fourth-order valence-electron chi connectivity index (χ4n) is 2.25. The number of hydrogen-bond donors (Lipinski definition) is 0. The first kappa shape index (κ1) is 17.1. The summed E-state index contributed by atoms with van der Waals surface area (Å²) in [6.45, 7) is 0. The maximum atomic E-state index is 14.3. The monoisotopic (exact) mass is 480 g/mol. The minimum atomic E-state index is -0.530. The molecule has 0 N–H and O–H groups in total. The SMILES string of the molecule is Fc1ccc(Br)c(F)c1CC(CBr)(CBr)c1ccccc1. The van der Waals surface area contributed by atoms with E-state index in [1.165, 1.54) is 12.1 Å². The summed E-state index contributed by atoms with van der Waals surface area (Å²) in [5, 5.41) is 1.20. The van der Waals surface area contributed by atoms with Crippen LogP contribution in [0.2, 0.25) is 0 Å². The third kappa shape index (κ3) is 3.57. The summed E-state index contributed by atoms with van der Waals surface area (Å²) in [6.07, 6.45) is 0.268. The number of benzene rings is 2. The zero-order chi connectivity index (χ0) is 15.5. The Morgan fingerprint density at radius 2 is 1.52 bits per heavy atom. The molecule has 0 aliphatic carbocycles. The van der Waals surface area contributed by atoms with Crippen molar-refractivity contribution in [3.63, 3.8) is 0 Å². The van der Waals surface area contributed by atoms with Crippen molar-refractivity contribution in [1.29, 1.82) is 0 Å². The van der Waals surface area contributed by atoms with Gasteiger partial charge in [0.05, 0.1) is 4.47 Å². The number of alkyl halides is 2. The Kier molecular flexibility index (Phi) is 5.97. The van der Waals surface area contributed by atoms with Gasteiger partial charge in [0.1, 0.15) is 11.6 Å². The van der Waals surface area contributed by atoms with E-state index in [2.05, 4.69) is 47.8 Å². The molecule has 0 amide bonds. The van der Waals surface area contributed by atoms with E-state index in [4.69, 9.17) is 0 Å². The molecular weight excluding hydrogens is 470 g/mol. The van der Waals surface area contributed by atoms with Gasteiger partial charge >= 0.3 is 0 Å². The Balaban J connectivity index is 2.49. The van der Waals surface area contributed by atoms with Crippen LogP contribution in [0.25, 0.3) is 0 Å². The van der Waals surface area contributed by atoms with Crippen molar-refractivity contribution in [2.24, 2.45) is 0 Å². The van der Waals surface area contributed by atoms with E-state index in [0.717, 1.165) is 5.56 Å². The molecule has 0 spiro atoms. The van der Waals surface area contributed by atoms with Gasteiger partial charge in [0.25, 0.3) is 0 Å². The second-order valence-corrected chi connectivity index (χ2v) is 6.89. The van der Waals surface area contributed by atoms with E-state index >= 15 is 0 Å². The minimum Gasteiger partial charge on any atom is -0.207 e. The molecule has 5 heteroatoms. The lowest BCUT2D eigenvalue weighted by molar-refractivity contribution is 0.489. The van der Waals surface area contributed by atoms with Crippen LogP contribution in [0.15, 0.2) is 46.9 Å². The summed E-state index contributed by atoms with van der Waals surface area (Å²) in [5.41, 5.74) is 0.730. The molecule has 0 bridgehead atoms. The maximum absolute atomic E-state index is 14.3. The minimum absolute atomic E-state index is 0.104. The molecule has 2 rings (SSSR count). The molecule has 0 aliphatic rings. The quantitative estimate of drug-likeness (QED) is 0.362. The second kappa shape index (κ2) is 7.34. The molecule has 0 atom stereocenters. The van der Waals surface area contributed by atoms with E-state index in [9.17, 15) is 8.78 Å². The van der Waals surface area contributed by atoms with Crippen LogP contribution in [0.4, 0.5) is 8.78 Å². The first-order valence-electron chi connectivity index (χ1n) is 6.34. The number of rotatable bonds is 5. The molecule has 0 nitrogen and oxygen atoms in total. The van der Waals surface area contributed by atoms with Crippen LogP contribution in [0.5, 0.6) is 0 Å². The maximum Gasteiger partial charge on any atom is 0.143 e. The second-order valence-electron chi connectivity index (χ2n) is 4.91. The van der Waals surface area contributed by atoms with Gasteiger partial charge in [-0.25, -0.2) is 8.78 Å². The summed E-state index contributed by atoms with van der Waals surface area (Å²) in [5.74, 6) is -1.05. The molecule has 2 aromatic carbocycles. The molecule has 0 unspecified atom stereocenters. The zero-order valence-electron chi connectivity index (χ0n) is 11.1. The Bertz CT molecular complexity index is 610. The van der Waals surface area contributed by atoms with E-state index < -0.39 is 17.0 Å². The van der Waals surface area contributed by atoms with E-state index in [0.29, 0.717) is 10.7 Å². The highest BCUT2D eigenvalue weighted by atomic mass is 79.9. The smallest absolute Gasteiger partial charge is 0.143 e. The van der Waals surface area contributed by atoms with Crippen LogP contribution in [0, 0.1) is 11.6 Å². The van der Waals surface area contributed by atoms with Crippen molar-refractivity contribution in [3.8, 4) is 0 Å². The average Bonchev–Trinajstić information content (AvgIpc) is 2.53. The highest BCUT2D eigenvalue weighted by Gasteiger charge is 2.33. The van der Waals surface area contributed by atoms with Crippen LogP contribution in [-0.4, -0.2) is 10.7 Å². The van der Waals surface area contributed by atoms with Crippen molar-refractivity contribution >= 4 is 47.8 Å². The highest BCUT2D eigenvalue weighted by Crippen LogP contribution is 2.35. The molecule has 2 aromatic rings. The molecule has 0 radical (unpaired) electrons. The zero-order valence-corrected chi connectivity index (χ0v) is 15.8. The predicted octanol–water partition coefficient (Wildman–Crippen LogP) is 6.00. The van der Waals surface area contributed by atoms with E-state index in [1.54, 1.807) is 0 Å². The van der Waals surface area contributed by atoms with Gasteiger partial charge in [-0.2, -0.15) is 0 Å². The molecule has 0 heterocycles. The lowest BCUT2D eigenvalue weighted by atomic mass is 9.79. The largest absolute Gasteiger partial charge is 0.207 e. The first-order chi connectivity index (χ1) is 10.0. The highest BCUT2D eigenvalue weighted by molar-refractivity contribution is 9.10. The summed E-state index contributed by atoms with van der Waals surface area (Å²) < 4.78 is 28.6. The summed E-state index contributed by atoms with van der Waals surface area (Å²) >= 11 is 10.1.